The van der Waals surface area contributed by atoms with Gasteiger partial charge in [0.25, 0.3) is 0 Å². The van der Waals surface area contributed by atoms with Crippen LogP contribution in [-0.4, -0.2) is 5.57 Å². The summed E-state index contributed by atoms with van der Waals surface area (Å²) in [5, 5.41) is 0.708. The van der Waals surface area contributed by atoms with Crippen molar-refractivity contribution in [3.05, 3.63) is 35.9 Å². The third-order valence-electron chi connectivity index (χ3n) is 4.08. The Bertz CT molecular complexity index is 347. The lowest BCUT2D eigenvalue weighted by atomic mass is 10.0. The zero-order valence-electron chi connectivity index (χ0n) is 11.3. The van der Waals surface area contributed by atoms with Gasteiger partial charge in [-0.1, -0.05) is 71.5 Å². The zero-order valence-corrected chi connectivity index (χ0v) is 14.4. The fraction of sp³-hybridized carbons (Fsp3) is 0.571. The molecule has 90 valence electrons. The molecule has 0 nitrogen and oxygen atoms in total. The molecular formula is C14H23ISi. The maximum Gasteiger partial charge on any atom is 0.137 e. The Balaban J connectivity index is 3.22. The van der Waals surface area contributed by atoms with E-state index in [1.807, 2.05) is 0 Å². The van der Waals surface area contributed by atoms with Crippen LogP contribution in [0.3, 0.4) is 0 Å². The molecule has 0 aliphatic rings. The molecule has 1 aromatic carbocycles. The Morgan fingerprint density at radius 1 is 0.938 bits per heavy atom. The molecule has 0 aliphatic heterocycles. The van der Waals surface area contributed by atoms with Crippen LogP contribution in [0.15, 0.2) is 30.3 Å². The highest BCUT2D eigenvalue weighted by atomic mass is 127. The van der Waals surface area contributed by atoms with Gasteiger partial charge in [-0.3, -0.25) is 0 Å². The number of hydrogen-bond acceptors (Lipinski definition) is 0. The third kappa shape index (κ3) is 2.37. The van der Waals surface area contributed by atoms with Crippen molar-refractivity contribution in [1.82, 2.24) is 0 Å². The second kappa shape index (κ2) is 4.45. The van der Waals surface area contributed by atoms with Crippen LogP contribution < -0.4 is 0 Å². The predicted octanol–water partition coefficient (Wildman–Crippen LogP) is 5.31. The standard InChI is InChI=1S/C14H23ISi/c1-13(2,3)16(6,15)14(4,5)12-10-8-7-9-11-12/h7-11H,1-6H3. The van der Waals surface area contributed by atoms with Crippen molar-refractivity contribution in [1.29, 1.82) is 0 Å². The van der Waals surface area contributed by atoms with Gasteiger partial charge in [-0.25, -0.2) is 0 Å². The van der Waals surface area contributed by atoms with Crippen molar-refractivity contribution < 1.29 is 0 Å². The highest BCUT2D eigenvalue weighted by molar-refractivity contribution is 14.1. The van der Waals surface area contributed by atoms with E-state index in [1.54, 1.807) is 0 Å². The summed E-state index contributed by atoms with van der Waals surface area (Å²) in [6, 6.07) is 11.0. The minimum atomic E-state index is -1.40. The van der Waals surface area contributed by atoms with Crippen molar-refractivity contribution in [2.45, 2.75) is 51.2 Å². The lowest BCUT2D eigenvalue weighted by Crippen LogP contribution is -2.51. The van der Waals surface area contributed by atoms with Crippen LogP contribution in [0.4, 0.5) is 0 Å². The molecule has 0 aliphatic carbocycles. The van der Waals surface area contributed by atoms with Crippen molar-refractivity contribution in [3.63, 3.8) is 0 Å². The molecule has 0 amide bonds. The second-order valence-electron chi connectivity index (χ2n) is 6.24. The van der Waals surface area contributed by atoms with E-state index in [1.165, 1.54) is 5.56 Å². The molecule has 0 bridgehead atoms. The maximum absolute atomic E-state index is 2.77. The minimum absolute atomic E-state index is 0.299. The number of hydrogen-bond donors (Lipinski definition) is 0. The van der Waals surface area contributed by atoms with Gasteiger partial charge in [0.15, 0.2) is 0 Å². The van der Waals surface area contributed by atoms with Gasteiger partial charge in [-0.15, -0.1) is 21.8 Å². The number of halogens is 1. The monoisotopic (exact) mass is 346 g/mol. The zero-order chi connectivity index (χ0) is 12.6. The molecular weight excluding hydrogens is 323 g/mol. The smallest absolute Gasteiger partial charge is 0.117 e. The summed E-state index contributed by atoms with van der Waals surface area (Å²) in [7, 11) is 0. The van der Waals surface area contributed by atoms with Gasteiger partial charge in [-0.05, 0) is 15.6 Å². The van der Waals surface area contributed by atoms with E-state index < -0.39 is 5.57 Å². The largest absolute Gasteiger partial charge is 0.137 e. The summed E-state index contributed by atoms with van der Waals surface area (Å²) in [6.45, 7) is 14.5. The summed E-state index contributed by atoms with van der Waals surface area (Å²) >= 11 is 2.77. The van der Waals surface area contributed by atoms with Crippen LogP contribution in [0.5, 0.6) is 0 Å². The Morgan fingerprint density at radius 3 is 1.75 bits per heavy atom. The van der Waals surface area contributed by atoms with E-state index in [0.717, 1.165) is 0 Å². The average Bonchev–Trinajstić information content (AvgIpc) is 2.17. The Kier molecular flexibility index (Phi) is 3.95. The molecule has 0 heterocycles. The highest BCUT2D eigenvalue weighted by Gasteiger charge is 2.50. The van der Waals surface area contributed by atoms with Gasteiger partial charge < -0.3 is 0 Å². The Hall–Kier alpha value is 0.167. The van der Waals surface area contributed by atoms with Gasteiger partial charge >= 0.3 is 0 Å². The lowest BCUT2D eigenvalue weighted by molar-refractivity contribution is 0.640. The molecule has 0 spiro atoms. The van der Waals surface area contributed by atoms with Gasteiger partial charge in [0.05, 0.1) is 0 Å². The fourth-order valence-corrected chi connectivity index (χ4v) is 5.58. The van der Waals surface area contributed by atoms with Crippen molar-refractivity contribution in [2.75, 3.05) is 0 Å². The molecule has 1 unspecified atom stereocenters. The van der Waals surface area contributed by atoms with E-state index >= 15 is 0 Å². The second-order valence-corrected chi connectivity index (χ2v) is 17.5. The summed E-state index contributed by atoms with van der Waals surface area (Å²) in [4.78, 5) is 0. The van der Waals surface area contributed by atoms with E-state index in [9.17, 15) is 0 Å². The van der Waals surface area contributed by atoms with Gasteiger partial charge in [-0.2, -0.15) is 0 Å². The fourth-order valence-electron chi connectivity index (χ4n) is 2.06. The quantitative estimate of drug-likeness (QED) is 0.387. The molecule has 1 rings (SSSR count). The molecule has 2 heteroatoms. The lowest BCUT2D eigenvalue weighted by Gasteiger charge is -2.47. The van der Waals surface area contributed by atoms with Crippen molar-refractivity contribution in [3.8, 4) is 0 Å². The molecule has 0 N–H and O–H groups in total. The van der Waals surface area contributed by atoms with Crippen LogP contribution in [0.2, 0.25) is 11.6 Å². The maximum atomic E-state index is 2.77. The van der Waals surface area contributed by atoms with E-state index in [2.05, 4.69) is 93.3 Å². The number of rotatable bonds is 2. The number of benzene rings is 1. The molecule has 0 aromatic heterocycles. The van der Waals surface area contributed by atoms with Gasteiger partial charge in [0.1, 0.15) is 5.57 Å². The average molecular weight is 346 g/mol. The topological polar surface area (TPSA) is 0 Å². The highest BCUT2D eigenvalue weighted by Crippen LogP contribution is 2.51. The van der Waals surface area contributed by atoms with Gasteiger partial charge in [0.2, 0.25) is 0 Å². The van der Waals surface area contributed by atoms with Crippen LogP contribution in [0, 0.1) is 0 Å². The van der Waals surface area contributed by atoms with Crippen LogP contribution in [-0.2, 0) is 5.04 Å². The molecule has 16 heavy (non-hydrogen) atoms. The molecule has 1 aromatic rings. The first-order valence-corrected chi connectivity index (χ1v) is 11.5. The van der Waals surface area contributed by atoms with Crippen molar-refractivity contribution in [2.24, 2.45) is 0 Å². The summed E-state index contributed by atoms with van der Waals surface area (Å²) < 4.78 is 0. The first kappa shape index (κ1) is 14.2. The predicted molar refractivity (Wildman–Crippen MR) is 84.8 cm³/mol. The van der Waals surface area contributed by atoms with Crippen LogP contribution in [0.25, 0.3) is 0 Å². The van der Waals surface area contributed by atoms with E-state index in [0.29, 0.717) is 10.1 Å². The minimum Gasteiger partial charge on any atom is -0.117 e. The van der Waals surface area contributed by atoms with Crippen LogP contribution >= 0.6 is 21.8 Å². The van der Waals surface area contributed by atoms with E-state index in [4.69, 9.17) is 0 Å². The van der Waals surface area contributed by atoms with Crippen LogP contribution in [0.1, 0.15) is 40.2 Å². The SMILES string of the molecule is CC(C)(C)[Si](C)(I)C(C)(C)c1ccccc1. The molecule has 0 radical (unpaired) electrons. The first-order valence-electron chi connectivity index (χ1n) is 5.85. The summed E-state index contributed by atoms with van der Waals surface area (Å²) in [5.74, 6) is 0. The van der Waals surface area contributed by atoms with Crippen molar-refractivity contribution >= 4 is 27.4 Å². The molecule has 1 atom stereocenters. The Labute approximate surface area is 114 Å². The summed E-state index contributed by atoms with van der Waals surface area (Å²) in [5.41, 5.74) is 0.0767. The van der Waals surface area contributed by atoms with E-state index in [-0.39, 0.29) is 0 Å². The normalized spacial score (nSPS) is 16.9. The van der Waals surface area contributed by atoms with Gasteiger partial charge in [0, 0.05) is 0 Å². The Morgan fingerprint density at radius 2 is 1.38 bits per heavy atom. The molecule has 0 fully saturated rings. The summed E-state index contributed by atoms with van der Waals surface area (Å²) in [6.07, 6.45) is 0. The molecule has 0 saturated carbocycles. The first-order chi connectivity index (χ1) is 7.11. The third-order valence-corrected chi connectivity index (χ3v) is 18.4. The molecule has 0 saturated heterocycles.